The van der Waals surface area contributed by atoms with Gasteiger partial charge in [0, 0.05) is 25.7 Å². The number of rotatable bonds is 69. The highest BCUT2D eigenvalue weighted by Gasteiger charge is 2.30. The minimum absolute atomic E-state index is 0.105. The average Bonchev–Trinajstić information content (AvgIpc) is 3.26. The molecule has 19 heteroatoms. The summed E-state index contributed by atoms with van der Waals surface area (Å²) in [6, 6.07) is 0. The molecule has 0 aliphatic rings. The van der Waals surface area contributed by atoms with E-state index in [1.165, 1.54) is 148 Å². The summed E-state index contributed by atoms with van der Waals surface area (Å²) < 4.78 is 68.3. The fraction of sp³-hybridized carbons (Fsp3) is 0.944. The van der Waals surface area contributed by atoms with Crippen molar-refractivity contribution in [3.63, 3.8) is 0 Å². The molecule has 540 valence electrons. The van der Waals surface area contributed by atoms with Gasteiger partial charge in [-0.05, 0) is 49.4 Å². The van der Waals surface area contributed by atoms with Gasteiger partial charge in [-0.2, -0.15) is 0 Å². The monoisotopic (exact) mass is 1340 g/mol. The first kappa shape index (κ1) is 89.1. The molecule has 0 bridgehead atoms. The van der Waals surface area contributed by atoms with Gasteiger partial charge in [-0.15, -0.1) is 0 Å². The number of carbonyl (C=O) groups excluding carboxylic acids is 4. The molecule has 0 spiro atoms. The maximum absolute atomic E-state index is 13.0. The largest absolute Gasteiger partial charge is 0.472 e. The smallest absolute Gasteiger partial charge is 0.462 e. The minimum atomic E-state index is -4.95. The molecule has 3 N–H and O–H groups in total. The number of ether oxygens (including phenoxy) is 4. The van der Waals surface area contributed by atoms with Crippen molar-refractivity contribution < 1.29 is 80.2 Å². The molecule has 0 saturated carbocycles. The molecule has 0 radical (unpaired) electrons. The van der Waals surface area contributed by atoms with Crippen LogP contribution in [0.25, 0.3) is 0 Å². The number of esters is 4. The van der Waals surface area contributed by atoms with Crippen LogP contribution in [-0.2, 0) is 65.4 Å². The third kappa shape index (κ3) is 63.9. The summed E-state index contributed by atoms with van der Waals surface area (Å²) in [6.07, 6.45) is 44.6. The number of phosphoric ester groups is 2. The zero-order chi connectivity index (χ0) is 67.5. The van der Waals surface area contributed by atoms with Gasteiger partial charge in [0.25, 0.3) is 0 Å². The van der Waals surface area contributed by atoms with Gasteiger partial charge in [0.05, 0.1) is 26.4 Å². The van der Waals surface area contributed by atoms with E-state index in [-0.39, 0.29) is 25.7 Å². The lowest BCUT2D eigenvalue weighted by molar-refractivity contribution is -0.161. The highest BCUT2D eigenvalue weighted by molar-refractivity contribution is 7.47. The lowest BCUT2D eigenvalue weighted by atomic mass is 9.99. The van der Waals surface area contributed by atoms with Crippen molar-refractivity contribution in [2.75, 3.05) is 39.6 Å². The Balaban J connectivity index is 5.22. The van der Waals surface area contributed by atoms with Crippen LogP contribution in [0.4, 0.5) is 0 Å². The van der Waals surface area contributed by atoms with Crippen LogP contribution < -0.4 is 0 Å². The summed E-state index contributed by atoms with van der Waals surface area (Å²) in [5, 5.41) is 10.6. The van der Waals surface area contributed by atoms with Crippen LogP contribution in [-0.4, -0.2) is 96.7 Å². The standard InChI is InChI=1S/C72H140O17P2/c1-9-64(7)50-42-34-25-21-17-13-11-12-14-18-22-26-38-46-54-71(76)89-68(59-83-70(75)53-45-37-31-29-35-43-51-65(8)10-2)61-87-91(80,81)85-57-66(73)56-84-90(78,79)86-60-67(58-82-69(74)52-44-36-30-28-33-41-49-63(5)6)88-72(77)55-47-39-27-23-19-15-16-20-24-32-40-48-62(3)4/h62-68,73H,9-61H2,1-8H3,(H,78,79)(H,80,81)/t64?,65?,66-,67+,68+/m0/s1. The summed E-state index contributed by atoms with van der Waals surface area (Å²) in [5.41, 5.74) is 0. The Morgan fingerprint density at radius 3 is 0.780 bits per heavy atom. The number of unbranched alkanes of at least 4 members (excludes halogenated alkanes) is 33. The molecule has 17 nitrogen and oxygen atoms in total. The Kier molecular flexibility index (Phi) is 60.3. The van der Waals surface area contributed by atoms with E-state index < -0.39 is 97.5 Å². The molecule has 0 aliphatic carbocycles. The number of carbonyl (C=O) groups is 4. The number of aliphatic hydroxyl groups is 1. The SMILES string of the molecule is CCC(C)CCCCCCCCCCCCCCCCC(=O)O[C@H](COC(=O)CCCCCCCCC(C)CC)COP(=O)(O)OC[C@@H](O)COP(=O)(O)OC[C@@H](COC(=O)CCCCCCCCC(C)C)OC(=O)CCCCCCCCCCCCCC(C)C. The van der Waals surface area contributed by atoms with E-state index in [4.69, 9.17) is 37.0 Å². The molecule has 0 fully saturated rings. The van der Waals surface area contributed by atoms with Gasteiger partial charge in [0.2, 0.25) is 0 Å². The third-order valence-corrected chi connectivity index (χ3v) is 19.2. The maximum atomic E-state index is 13.0. The van der Waals surface area contributed by atoms with Gasteiger partial charge in [-0.1, -0.05) is 306 Å². The minimum Gasteiger partial charge on any atom is -0.462 e. The lowest BCUT2D eigenvalue weighted by Gasteiger charge is -2.21. The van der Waals surface area contributed by atoms with Gasteiger partial charge < -0.3 is 33.8 Å². The highest BCUT2D eigenvalue weighted by atomic mass is 31.2. The van der Waals surface area contributed by atoms with Crippen molar-refractivity contribution in [3.05, 3.63) is 0 Å². The van der Waals surface area contributed by atoms with Crippen molar-refractivity contribution in [1.82, 2.24) is 0 Å². The fourth-order valence-corrected chi connectivity index (χ4v) is 12.4. The van der Waals surface area contributed by atoms with Crippen LogP contribution in [0.5, 0.6) is 0 Å². The summed E-state index contributed by atoms with van der Waals surface area (Å²) in [4.78, 5) is 72.6. The molecule has 0 aliphatic heterocycles. The molecular weight excluding hydrogens is 1200 g/mol. The zero-order valence-corrected chi connectivity index (χ0v) is 61.3. The van der Waals surface area contributed by atoms with Crippen LogP contribution >= 0.6 is 15.6 Å². The first-order chi connectivity index (χ1) is 43.7. The number of aliphatic hydroxyl groups excluding tert-OH is 1. The fourth-order valence-electron chi connectivity index (χ4n) is 10.8. The molecule has 4 unspecified atom stereocenters. The topological polar surface area (TPSA) is 237 Å². The van der Waals surface area contributed by atoms with Gasteiger partial charge >= 0.3 is 39.5 Å². The molecule has 7 atom stereocenters. The molecule has 0 heterocycles. The van der Waals surface area contributed by atoms with Gasteiger partial charge in [0.1, 0.15) is 19.3 Å². The summed E-state index contributed by atoms with van der Waals surface area (Å²) in [7, 11) is -9.91. The molecule has 0 aromatic carbocycles. The van der Waals surface area contributed by atoms with E-state index in [2.05, 4.69) is 55.4 Å². The Hall–Kier alpha value is -1.94. The predicted octanol–water partition coefficient (Wildman–Crippen LogP) is 20.5. The molecule has 0 amide bonds. The van der Waals surface area contributed by atoms with Crippen molar-refractivity contribution >= 4 is 39.5 Å². The van der Waals surface area contributed by atoms with Crippen LogP contribution in [0.3, 0.4) is 0 Å². The second-order valence-corrected chi connectivity index (χ2v) is 30.3. The van der Waals surface area contributed by atoms with Crippen LogP contribution in [0.1, 0.15) is 357 Å². The Bertz CT molecular complexity index is 1800. The molecule has 0 aromatic rings. The Labute approximate surface area is 556 Å². The van der Waals surface area contributed by atoms with Crippen molar-refractivity contribution in [3.8, 4) is 0 Å². The molecule has 0 aromatic heterocycles. The summed E-state index contributed by atoms with van der Waals surface area (Å²) >= 11 is 0. The maximum Gasteiger partial charge on any atom is 0.472 e. The van der Waals surface area contributed by atoms with Gasteiger partial charge in [-0.3, -0.25) is 37.3 Å². The summed E-state index contributed by atoms with van der Waals surface area (Å²) in [6.45, 7) is 14.1. The van der Waals surface area contributed by atoms with Gasteiger partial charge in [0.15, 0.2) is 12.2 Å². The van der Waals surface area contributed by atoms with Crippen LogP contribution in [0.15, 0.2) is 0 Å². The Morgan fingerprint density at radius 2 is 0.527 bits per heavy atom. The Morgan fingerprint density at radius 1 is 0.308 bits per heavy atom. The van der Waals surface area contributed by atoms with E-state index in [0.717, 1.165) is 120 Å². The first-order valence-corrected chi connectivity index (χ1v) is 40.3. The van der Waals surface area contributed by atoms with Crippen molar-refractivity contribution in [2.45, 2.75) is 375 Å². The third-order valence-electron chi connectivity index (χ3n) is 17.3. The average molecular weight is 1340 g/mol. The van der Waals surface area contributed by atoms with Crippen LogP contribution in [0.2, 0.25) is 0 Å². The normalized spacial score (nSPS) is 14.8. The second-order valence-electron chi connectivity index (χ2n) is 27.4. The molecule has 0 saturated heterocycles. The quantitative estimate of drug-likeness (QED) is 0.0222. The van der Waals surface area contributed by atoms with Crippen molar-refractivity contribution in [2.24, 2.45) is 23.7 Å². The summed E-state index contributed by atoms with van der Waals surface area (Å²) in [5.74, 6) is 0.892. The number of hydrogen-bond acceptors (Lipinski definition) is 15. The van der Waals surface area contributed by atoms with E-state index >= 15 is 0 Å². The van der Waals surface area contributed by atoms with E-state index in [0.29, 0.717) is 31.6 Å². The molecule has 0 rings (SSSR count). The van der Waals surface area contributed by atoms with Crippen molar-refractivity contribution in [1.29, 1.82) is 0 Å². The van der Waals surface area contributed by atoms with E-state index in [1.54, 1.807) is 0 Å². The second kappa shape index (κ2) is 61.6. The van der Waals surface area contributed by atoms with E-state index in [9.17, 15) is 43.2 Å². The first-order valence-electron chi connectivity index (χ1n) is 37.3. The highest BCUT2D eigenvalue weighted by Crippen LogP contribution is 2.45. The van der Waals surface area contributed by atoms with Crippen LogP contribution in [0, 0.1) is 23.7 Å². The lowest BCUT2D eigenvalue weighted by Crippen LogP contribution is -2.30. The molecular formula is C72H140O17P2. The van der Waals surface area contributed by atoms with Gasteiger partial charge in [-0.25, -0.2) is 9.13 Å². The predicted molar refractivity (Wildman–Crippen MR) is 367 cm³/mol. The number of phosphoric acid groups is 2. The van der Waals surface area contributed by atoms with E-state index in [1.807, 2.05) is 0 Å². The zero-order valence-electron chi connectivity index (χ0n) is 59.5. The molecule has 91 heavy (non-hydrogen) atoms. The number of hydrogen-bond donors (Lipinski definition) is 3.